The molecule has 1 aromatic rings. The average Bonchev–Trinajstić information content (AvgIpc) is 2.30. The first-order valence-corrected chi connectivity index (χ1v) is 7.25. The molecule has 1 rings (SSSR count). The van der Waals surface area contributed by atoms with Gasteiger partial charge in [-0.2, -0.15) is 0 Å². The molecule has 102 valence electrons. The lowest BCUT2D eigenvalue weighted by Crippen LogP contribution is -2.28. The van der Waals surface area contributed by atoms with Crippen LogP contribution in [0.4, 0.5) is 5.69 Å². The van der Waals surface area contributed by atoms with Crippen LogP contribution < -0.4 is 5.73 Å². The third-order valence-corrected chi connectivity index (χ3v) is 4.96. The number of nitrogens with two attached hydrogens (primary N) is 1. The average molecular weight is 293 g/mol. The fourth-order valence-corrected chi connectivity index (χ4v) is 3.24. The molecule has 0 aliphatic carbocycles. The molecule has 0 aliphatic heterocycles. The summed E-state index contributed by atoms with van der Waals surface area (Å²) in [6, 6.07) is 2.89. The number of hydrogen-bond acceptors (Lipinski definition) is 4. The molecule has 18 heavy (non-hydrogen) atoms. The second kappa shape index (κ2) is 5.88. The predicted octanol–water partition coefficient (Wildman–Crippen LogP) is 1.23. The van der Waals surface area contributed by atoms with Gasteiger partial charge in [0, 0.05) is 25.9 Å². The van der Waals surface area contributed by atoms with Crippen molar-refractivity contribution in [3.05, 3.63) is 22.7 Å². The zero-order valence-corrected chi connectivity index (χ0v) is 11.9. The van der Waals surface area contributed by atoms with Crippen LogP contribution in [-0.2, 0) is 10.0 Å². The Balaban J connectivity index is 3.16. The number of rotatable bonds is 5. The van der Waals surface area contributed by atoms with Crippen LogP contribution in [0.25, 0.3) is 0 Å². The summed E-state index contributed by atoms with van der Waals surface area (Å²) in [5, 5.41) is 8.87. The van der Waals surface area contributed by atoms with Gasteiger partial charge < -0.3 is 10.8 Å². The van der Waals surface area contributed by atoms with E-state index >= 15 is 0 Å². The second-order valence-electron chi connectivity index (χ2n) is 4.04. The van der Waals surface area contributed by atoms with E-state index in [2.05, 4.69) is 0 Å². The molecule has 7 heteroatoms. The lowest BCUT2D eigenvalue weighted by Gasteiger charge is -2.18. The molecule has 0 amide bonds. The summed E-state index contributed by atoms with van der Waals surface area (Å²) in [6.45, 7) is 1.92. The van der Waals surface area contributed by atoms with Gasteiger partial charge in [-0.3, -0.25) is 0 Å². The van der Waals surface area contributed by atoms with Crippen molar-refractivity contribution >= 4 is 27.3 Å². The van der Waals surface area contributed by atoms with E-state index in [1.165, 1.54) is 19.2 Å². The minimum atomic E-state index is -3.67. The van der Waals surface area contributed by atoms with E-state index in [1.807, 2.05) is 0 Å². The van der Waals surface area contributed by atoms with Crippen LogP contribution in [0.3, 0.4) is 0 Å². The van der Waals surface area contributed by atoms with Gasteiger partial charge in [-0.05, 0) is 31.0 Å². The smallest absolute Gasteiger partial charge is 0.244 e. The van der Waals surface area contributed by atoms with E-state index in [0.29, 0.717) is 12.1 Å². The van der Waals surface area contributed by atoms with Gasteiger partial charge in [-0.25, -0.2) is 12.7 Å². The highest BCUT2D eigenvalue weighted by Gasteiger charge is 2.24. The fraction of sp³-hybridized carbons (Fsp3) is 0.455. The van der Waals surface area contributed by atoms with Crippen LogP contribution in [-0.4, -0.2) is 38.0 Å². The molecule has 0 radical (unpaired) electrons. The van der Waals surface area contributed by atoms with Crippen LogP contribution in [0.1, 0.15) is 12.0 Å². The van der Waals surface area contributed by atoms with E-state index in [1.54, 1.807) is 6.92 Å². The summed E-state index contributed by atoms with van der Waals surface area (Å²) in [6.07, 6.45) is 0.370. The number of halogens is 1. The van der Waals surface area contributed by atoms with Crippen molar-refractivity contribution in [3.63, 3.8) is 0 Å². The highest BCUT2D eigenvalue weighted by atomic mass is 35.5. The van der Waals surface area contributed by atoms with E-state index in [9.17, 15) is 8.42 Å². The van der Waals surface area contributed by atoms with Gasteiger partial charge in [-0.1, -0.05) is 11.6 Å². The maximum Gasteiger partial charge on any atom is 0.244 e. The minimum absolute atomic E-state index is 0.00675. The molecule has 0 aromatic heterocycles. The number of sulfonamides is 1. The monoisotopic (exact) mass is 292 g/mol. The molecule has 5 nitrogen and oxygen atoms in total. The normalized spacial score (nSPS) is 12.1. The maximum absolute atomic E-state index is 12.2. The molecule has 1 aromatic carbocycles. The van der Waals surface area contributed by atoms with Crippen molar-refractivity contribution in [2.75, 3.05) is 25.9 Å². The molecule has 0 heterocycles. The van der Waals surface area contributed by atoms with Crippen molar-refractivity contribution in [2.45, 2.75) is 18.2 Å². The van der Waals surface area contributed by atoms with E-state index in [-0.39, 0.29) is 23.1 Å². The molecule has 3 N–H and O–H groups in total. The summed E-state index contributed by atoms with van der Waals surface area (Å²) >= 11 is 5.95. The van der Waals surface area contributed by atoms with Crippen LogP contribution >= 0.6 is 11.6 Å². The van der Waals surface area contributed by atoms with Crippen LogP contribution in [0.5, 0.6) is 0 Å². The molecule has 0 atom stereocenters. The van der Waals surface area contributed by atoms with E-state index in [4.69, 9.17) is 22.4 Å². The Hall–Kier alpha value is -0.820. The van der Waals surface area contributed by atoms with Crippen molar-refractivity contribution in [3.8, 4) is 0 Å². The molecule has 0 bridgehead atoms. The number of aliphatic hydroxyl groups is 1. The van der Waals surface area contributed by atoms with Gasteiger partial charge >= 0.3 is 0 Å². The Morgan fingerprint density at radius 3 is 2.61 bits per heavy atom. The van der Waals surface area contributed by atoms with Gasteiger partial charge in [0.25, 0.3) is 0 Å². The molecule has 0 fully saturated rings. The summed E-state index contributed by atoms with van der Waals surface area (Å²) < 4.78 is 25.6. The summed E-state index contributed by atoms with van der Waals surface area (Å²) in [4.78, 5) is -0.00675. The first kappa shape index (κ1) is 15.2. The molecular formula is C11H17ClN2O3S. The van der Waals surface area contributed by atoms with Gasteiger partial charge in [-0.15, -0.1) is 0 Å². The SMILES string of the molecule is Cc1cc(Cl)c(S(=O)(=O)N(C)CCCO)cc1N. The Morgan fingerprint density at radius 1 is 1.44 bits per heavy atom. The highest BCUT2D eigenvalue weighted by molar-refractivity contribution is 7.89. The van der Waals surface area contributed by atoms with Gasteiger partial charge in [0.05, 0.1) is 5.02 Å². The zero-order chi connectivity index (χ0) is 13.9. The summed E-state index contributed by atoms with van der Waals surface area (Å²) in [5.74, 6) is 0. The third-order valence-electron chi connectivity index (χ3n) is 2.64. The topological polar surface area (TPSA) is 83.6 Å². The fourth-order valence-electron chi connectivity index (χ4n) is 1.45. The number of benzene rings is 1. The standard InChI is InChI=1S/C11H17ClN2O3S/c1-8-6-9(12)11(7-10(8)13)18(16,17)14(2)4-3-5-15/h6-7,15H,3-5,13H2,1-2H3. The van der Waals surface area contributed by atoms with Crippen LogP contribution in [0.2, 0.25) is 5.02 Å². The first-order chi connectivity index (χ1) is 8.30. The Morgan fingerprint density at radius 2 is 2.06 bits per heavy atom. The summed E-state index contributed by atoms with van der Waals surface area (Å²) in [5.41, 5.74) is 6.82. The first-order valence-electron chi connectivity index (χ1n) is 5.43. The molecule has 0 saturated heterocycles. The van der Waals surface area contributed by atoms with Gasteiger partial charge in [0.1, 0.15) is 4.90 Å². The number of nitrogens with zero attached hydrogens (tertiary/aromatic N) is 1. The quantitative estimate of drug-likeness (QED) is 0.800. The second-order valence-corrected chi connectivity index (χ2v) is 6.46. The number of aryl methyl sites for hydroxylation is 1. The molecule has 0 saturated carbocycles. The zero-order valence-electron chi connectivity index (χ0n) is 10.4. The Kier molecular flexibility index (Phi) is 4.98. The number of anilines is 1. The molecular weight excluding hydrogens is 276 g/mol. The number of hydrogen-bond donors (Lipinski definition) is 2. The van der Waals surface area contributed by atoms with E-state index in [0.717, 1.165) is 9.87 Å². The van der Waals surface area contributed by atoms with Crippen LogP contribution in [0.15, 0.2) is 17.0 Å². The van der Waals surface area contributed by atoms with E-state index < -0.39 is 10.0 Å². The highest BCUT2D eigenvalue weighted by Crippen LogP contribution is 2.28. The van der Waals surface area contributed by atoms with Crippen LogP contribution in [0, 0.1) is 6.92 Å². The Bertz CT molecular complexity index is 531. The predicted molar refractivity (Wildman–Crippen MR) is 72.1 cm³/mol. The van der Waals surface area contributed by atoms with Gasteiger partial charge in [0.2, 0.25) is 10.0 Å². The Labute approximate surface area is 112 Å². The third kappa shape index (κ3) is 3.14. The largest absolute Gasteiger partial charge is 0.398 e. The van der Waals surface area contributed by atoms with Crippen molar-refractivity contribution in [1.82, 2.24) is 4.31 Å². The summed E-state index contributed by atoms with van der Waals surface area (Å²) in [7, 11) is -2.23. The molecule has 0 aliphatic rings. The number of nitrogen functional groups attached to an aromatic ring is 1. The lowest BCUT2D eigenvalue weighted by atomic mass is 10.2. The lowest BCUT2D eigenvalue weighted by molar-refractivity contribution is 0.275. The number of aliphatic hydroxyl groups excluding tert-OH is 1. The van der Waals surface area contributed by atoms with Gasteiger partial charge in [0.15, 0.2) is 0 Å². The maximum atomic E-state index is 12.2. The van der Waals surface area contributed by atoms with Crippen molar-refractivity contribution in [1.29, 1.82) is 0 Å². The van der Waals surface area contributed by atoms with Crippen molar-refractivity contribution in [2.24, 2.45) is 0 Å². The molecule has 0 unspecified atom stereocenters. The molecule has 0 spiro atoms. The van der Waals surface area contributed by atoms with Crippen molar-refractivity contribution < 1.29 is 13.5 Å². The minimum Gasteiger partial charge on any atom is -0.398 e.